The molecule has 7 nitrogen and oxygen atoms in total. The number of anilines is 1. The molecule has 1 unspecified atom stereocenters. The second-order valence-corrected chi connectivity index (χ2v) is 10.5. The number of ether oxygens (including phenoxy) is 1. The van der Waals surface area contributed by atoms with E-state index in [1.54, 1.807) is 11.2 Å². The zero-order chi connectivity index (χ0) is 23.3. The van der Waals surface area contributed by atoms with E-state index in [2.05, 4.69) is 27.6 Å². The fourth-order valence-corrected chi connectivity index (χ4v) is 4.68. The number of nitrogens with zero attached hydrogens (tertiary/aromatic N) is 5. The molecule has 0 bridgehead atoms. The third-order valence-electron chi connectivity index (χ3n) is 6.27. The summed E-state index contributed by atoms with van der Waals surface area (Å²) in [5.41, 5.74) is 2.74. The van der Waals surface area contributed by atoms with Crippen molar-refractivity contribution in [1.29, 1.82) is 0 Å². The Morgan fingerprint density at radius 1 is 1.12 bits per heavy atom. The first kappa shape index (κ1) is 22.0. The van der Waals surface area contributed by atoms with Gasteiger partial charge in [0.15, 0.2) is 0 Å². The van der Waals surface area contributed by atoms with Gasteiger partial charge in [-0.2, -0.15) is 0 Å². The predicted molar refractivity (Wildman–Crippen MR) is 130 cm³/mol. The molecule has 2 fully saturated rings. The summed E-state index contributed by atoms with van der Waals surface area (Å²) in [6.07, 6.45) is 5.99. The molecule has 3 heterocycles. The van der Waals surface area contributed by atoms with Gasteiger partial charge >= 0.3 is 6.09 Å². The normalized spacial score (nSPS) is 19.2. The third-order valence-corrected chi connectivity index (χ3v) is 6.52. The Hall–Kier alpha value is -2.80. The van der Waals surface area contributed by atoms with Gasteiger partial charge in [0, 0.05) is 42.6 Å². The number of carbonyl (C=O) groups excluding carboxylic acids is 1. The lowest BCUT2D eigenvalue weighted by atomic mass is 10.1. The topological polar surface area (TPSA) is 63.5 Å². The van der Waals surface area contributed by atoms with E-state index >= 15 is 0 Å². The molecule has 1 amide bonds. The average molecular weight is 468 g/mol. The molecule has 3 aromatic rings. The van der Waals surface area contributed by atoms with Crippen LogP contribution >= 0.6 is 11.6 Å². The van der Waals surface area contributed by atoms with Crippen LogP contribution in [0, 0.1) is 0 Å². The molecule has 1 saturated heterocycles. The van der Waals surface area contributed by atoms with Crippen LogP contribution in [0.3, 0.4) is 0 Å². The second-order valence-electron chi connectivity index (χ2n) is 10.1. The van der Waals surface area contributed by atoms with Gasteiger partial charge in [0.1, 0.15) is 23.4 Å². The van der Waals surface area contributed by atoms with E-state index in [0.717, 1.165) is 22.5 Å². The Bertz CT molecular complexity index is 1180. The lowest BCUT2D eigenvalue weighted by Gasteiger charge is -2.41. The number of piperazine rings is 1. The molecule has 2 aromatic heterocycles. The number of fused-ring (bicyclic) bond motifs is 1. The molecule has 33 heavy (non-hydrogen) atoms. The van der Waals surface area contributed by atoms with Gasteiger partial charge in [-0.1, -0.05) is 11.6 Å². The van der Waals surface area contributed by atoms with E-state index in [-0.39, 0.29) is 12.1 Å². The van der Waals surface area contributed by atoms with Crippen LogP contribution < -0.4 is 4.90 Å². The molecule has 1 aliphatic heterocycles. The van der Waals surface area contributed by atoms with Crippen molar-refractivity contribution >= 4 is 34.5 Å². The van der Waals surface area contributed by atoms with E-state index in [1.165, 1.54) is 18.4 Å². The smallest absolute Gasteiger partial charge is 0.410 e. The Kier molecular flexibility index (Phi) is 5.47. The molecular weight excluding hydrogens is 438 g/mol. The van der Waals surface area contributed by atoms with Crippen molar-refractivity contribution in [2.45, 2.75) is 58.1 Å². The van der Waals surface area contributed by atoms with Crippen LogP contribution in [0.4, 0.5) is 10.6 Å². The summed E-state index contributed by atoms with van der Waals surface area (Å²) in [5.74, 6) is 1.50. The van der Waals surface area contributed by atoms with Crippen molar-refractivity contribution in [3.8, 4) is 5.69 Å². The van der Waals surface area contributed by atoms with Gasteiger partial charge in [0.05, 0.1) is 5.39 Å². The van der Waals surface area contributed by atoms with E-state index in [9.17, 15) is 4.79 Å². The van der Waals surface area contributed by atoms with Crippen LogP contribution in [-0.2, 0) is 4.74 Å². The lowest BCUT2D eigenvalue weighted by molar-refractivity contribution is 0.0218. The molecular formula is C25H30ClN5O2. The zero-order valence-electron chi connectivity index (χ0n) is 19.6. The summed E-state index contributed by atoms with van der Waals surface area (Å²) < 4.78 is 7.73. The fraction of sp³-hybridized carbons (Fsp3) is 0.480. The van der Waals surface area contributed by atoms with E-state index < -0.39 is 5.60 Å². The van der Waals surface area contributed by atoms with Gasteiger partial charge in [-0.25, -0.2) is 14.8 Å². The molecule has 8 heteroatoms. The maximum atomic E-state index is 12.6. The van der Waals surface area contributed by atoms with Crippen molar-refractivity contribution in [2.24, 2.45) is 0 Å². The van der Waals surface area contributed by atoms with Gasteiger partial charge < -0.3 is 19.1 Å². The number of aromatic nitrogens is 3. The average Bonchev–Trinajstić information content (AvgIpc) is 3.53. The maximum absolute atomic E-state index is 12.6. The minimum absolute atomic E-state index is 0.107. The summed E-state index contributed by atoms with van der Waals surface area (Å²) in [6, 6.07) is 7.94. The van der Waals surface area contributed by atoms with Crippen molar-refractivity contribution in [3.05, 3.63) is 47.4 Å². The van der Waals surface area contributed by atoms with Gasteiger partial charge in [-0.3, -0.25) is 0 Å². The molecule has 174 valence electrons. The quantitative estimate of drug-likeness (QED) is 0.516. The molecule has 0 N–H and O–H groups in total. The van der Waals surface area contributed by atoms with Crippen molar-refractivity contribution in [1.82, 2.24) is 19.4 Å². The Labute approximate surface area is 199 Å². The van der Waals surface area contributed by atoms with E-state index in [4.69, 9.17) is 21.3 Å². The first-order valence-corrected chi connectivity index (χ1v) is 12.0. The molecule has 1 saturated carbocycles. The van der Waals surface area contributed by atoms with Crippen LogP contribution in [0.1, 0.15) is 52.0 Å². The van der Waals surface area contributed by atoms with Crippen LogP contribution in [-0.4, -0.2) is 56.8 Å². The molecule has 0 spiro atoms. The monoisotopic (exact) mass is 467 g/mol. The van der Waals surface area contributed by atoms with E-state index in [0.29, 0.717) is 30.6 Å². The summed E-state index contributed by atoms with van der Waals surface area (Å²) in [5, 5.41) is 1.83. The van der Waals surface area contributed by atoms with Gasteiger partial charge in [-0.15, -0.1) is 0 Å². The largest absolute Gasteiger partial charge is 0.444 e. The maximum Gasteiger partial charge on any atom is 0.410 e. The fourth-order valence-electron chi connectivity index (χ4n) is 4.56. The highest BCUT2D eigenvalue weighted by atomic mass is 35.5. The number of halogens is 1. The Balaban J connectivity index is 1.49. The minimum atomic E-state index is -0.500. The van der Waals surface area contributed by atoms with Gasteiger partial charge in [-0.05, 0) is 76.3 Å². The summed E-state index contributed by atoms with van der Waals surface area (Å²) in [7, 11) is 0. The predicted octanol–water partition coefficient (Wildman–Crippen LogP) is 5.40. The Morgan fingerprint density at radius 2 is 1.85 bits per heavy atom. The SMILES string of the molecule is CC1CN(C(=O)OC(C)(C)C)CCN1c1ncnc2c1c(C1CC1)cn2-c1ccc(Cl)cc1. The van der Waals surface area contributed by atoms with Crippen LogP contribution in [0.5, 0.6) is 0 Å². The summed E-state index contributed by atoms with van der Waals surface area (Å²) >= 11 is 6.12. The molecule has 0 radical (unpaired) electrons. The van der Waals surface area contributed by atoms with Crippen LogP contribution in [0.25, 0.3) is 16.7 Å². The molecule has 1 atom stereocenters. The number of hydrogen-bond donors (Lipinski definition) is 0. The number of rotatable bonds is 3. The van der Waals surface area contributed by atoms with E-state index in [1.807, 2.05) is 45.0 Å². The number of carbonyl (C=O) groups is 1. The first-order chi connectivity index (χ1) is 15.7. The number of hydrogen-bond acceptors (Lipinski definition) is 5. The summed E-state index contributed by atoms with van der Waals surface area (Å²) in [6.45, 7) is 9.71. The minimum Gasteiger partial charge on any atom is -0.444 e. The first-order valence-electron chi connectivity index (χ1n) is 11.6. The second kappa shape index (κ2) is 8.20. The lowest BCUT2D eigenvalue weighted by Crippen LogP contribution is -2.54. The molecule has 2 aliphatic rings. The Morgan fingerprint density at radius 3 is 2.48 bits per heavy atom. The molecule has 5 rings (SSSR count). The highest BCUT2D eigenvalue weighted by Gasteiger charge is 2.34. The highest BCUT2D eigenvalue weighted by molar-refractivity contribution is 6.30. The van der Waals surface area contributed by atoms with Crippen molar-refractivity contribution in [2.75, 3.05) is 24.5 Å². The van der Waals surface area contributed by atoms with Crippen LogP contribution in [0.2, 0.25) is 5.02 Å². The molecule has 1 aliphatic carbocycles. The third kappa shape index (κ3) is 4.38. The number of amides is 1. The molecule has 1 aromatic carbocycles. The van der Waals surface area contributed by atoms with Gasteiger partial charge in [0.2, 0.25) is 0 Å². The highest BCUT2D eigenvalue weighted by Crippen LogP contribution is 2.46. The van der Waals surface area contributed by atoms with Crippen molar-refractivity contribution < 1.29 is 9.53 Å². The van der Waals surface area contributed by atoms with Crippen molar-refractivity contribution in [3.63, 3.8) is 0 Å². The van der Waals surface area contributed by atoms with Crippen LogP contribution in [0.15, 0.2) is 36.8 Å². The van der Waals surface area contributed by atoms with Gasteiger partial charge in [0.25, 0.3) is 0 Å². The summed E-state index contributed by atoms with van der Waals surface area (Å²) in [4.78, 5) is 26.1. The zero-order valence-corrected chi connectivity index (χ0v) is 20.3. The standard InChI is InChI=1S/C25H30ClN5O2/c1-16-13-29(24(32)33-25(2,3)4)11-12-30(16)22-21-20(17-5-6-17)14-31(23(21)28-15-27-22)19-9-7-18(26)8-10-19/h7-10,14-17H,5-6,11-13H2,1-4H3. The number of benzene rings is 1.